The summed E-state index contributed by atoms with van der Waals surface area (Å²) >= 11 is 1.62. The maximum atomic E-state index is 12.2. The van der Waals surface area contributed by atoms with Gasteiger partial charge in [0.05, 0.1) is 19.3 Å². The van der Waals surface area contributed by atoms with Gasteiger partial charge in [0, 0.05) is 34.1 Å². The molecule has 0 aliphatic carbocycles. The molecule has 6 nitrogen and oxygen atoms in total. The minimum atomic E-state index is -0.158. The van der Waals surface area contributed by atoms with E-state index in [2.05, 4.69) is 40.1 Å². The molecule has 2 fully saturated rings. The van der Waals surface area contributed by atoms with E-state index in [1.54, 1.807) is 18.4 Å². The standard InChI is InChI=1S/C20H21N3O3S/c1-26-14-6-4-13(5-7-14)19-18-15(10-17(25)21-20(18)23-22-19)16-9-12(11-27-16)3-2-8-24/h4-7,9,11,15,18-20,22-24H,8,10H2,1H3,(H,21,25). The average Bonchev–Trinajstić information content (AvgIpc) is 3.33. The SMILES string of the molecule is COc1ccc(C2NNC3NC(=O)CC(c4cc(C#CCO)cs4)C32)cc1. The Balaban J connectivity index is 1.64. The zero-order valence-electron chi connectivity index (χ0n) is 14.9. The molecule has 2 aliphatic rings. The normalized spacial score (nSPS) is 26.7. The quantitative estimate of drug-likeness (QED) is 0.604. The van der Waals surface area contributed by atoms with Crippen molar-refractivity contribution in [1.29, 1.82) is 0 Å². The van der Waals surface area contributed by atoms with Crippen LogP contribution in [0, 0.1) is 17.8 Å². The second-order valence-electron chi connectivity index (χ2n) is 6.67. The van der Waals surface area contributed by atoms with Crippen LogP contribution in [-0.4, -0.2) is 30.9 Å². The number of fused-ring (bicyclic) bond motifs is 1. The molecule has 2 aliphatic heterocycles. The molecule has 0 bridgehead atoms. The summed E-state index contributed by atoms with van der Waals surface area (Å²) in [6.45, 7) is -0.158. The van der Waals surface area contributed by atoms with Crippen LogP contribution in [0.2, 0.25) is 0 Å². The van der Waals surface area contributed by atoms with Crippen molar-refractivity contribution < 1.29 is 14.6 Å². The van der Waals surface area contributed by atoms with Gasteiger partial charge in [-0.15, -0.1) is 11.3 Å². The third kappa shape index (κ3) is 3.57. The van der Waals surface area contributed by atoms with E-state index in [-0.39, 0.29) is 36.6 Å². The second kappa shape index (κ2) is 7.71. The van der Waals surface area contributed by atoms with Gasteiger partial charge < -0.3 is 15.2 Å². The number of methoxy groups -OCH3 is 1. The molecular weight excluding hydrogens is 362 g/mol. The second-order valence-corrected chi connectivity index (χ2v) is 7.61. The Morgan fingerprint density at radius 3 is 2.85 bits per heavy atom. The molecule has 1 aromatic heterocycles. The van der Waals surface area contributed by atoms with Crippen LogP contribution >= 0.6 is 11.3 Å². The summed E-state index contributed by atoms with van der Waals surface area (Å²) in [6, 6.07) is 10.1. The third-order valence-corrected chi connectivity index (χ3v) is 6.19. The fraction of sp³-hybridized carbons (Fsp3) is 0.350. The lowest BCUT2D eigenvalue weighted by molar-refractivity contribution is -0.125. The molecule has 0 saturated carbocycles. The molecule has 1 amide bonds. The monoisotopic (exact) mass is 383 g/mol. The topological polar surface area (TPSA) is 82.6 Å². The van der Waals surface area contributed by atoms with Crippen molar-refractivity contribution in [2.24, 2.45) is 5.92 Å². The average molecular weight is 383 g/mol. The van der Waals surface area contributed by atoms with Gasteiger partial charge in [0.25, 0.3) is 0 Å². The van der Waals surface area contributed by atoms with Crippen LogP contribution < -0.4 is 20.9 Å². The summed E-state index contributed by atoms with van der Waals surface area (Å²) in [5, 5.41) is 13.9. The first-order valence-corrected chi connectivity index (χ1v) is 9.70. The van der Waals surface area contributed by atoms with Gasteiger partial charge in [0.1, 0.15) is 12.4 Å². The number of hydrogen-bond acceptors (Lipinski definition) is 6. The highest BCUT2D eigenvalue weighted by atomic mass is 32.1. The lowest BCUT2D eigenvalue weighted by Gasteiger charge is -2.35. The fourth-order valence-electron chi connectivity index (χ4n) is 3.89. The number of nitrogens with one attached hydrogen (secondary N) is 3. The van der Waals surface area contributed by atoms with E-state index in [4.69, 9.17) is 9.84 Å². The number of hydrazine groups is 1. The van der Waals surface area contributed by atoms with E-state index in [0.717, 1.165) is 21.8 Å². The minimum absolute atomic E-state index is 0.0438. The Bertz CT molecular complexity index is 884. The van der Waals surface area contributed by atoms with Gasteiger partial charge in [-0.3, -0.25) is 4.79 Å². The summed E-state index contributed by atoms with van der Waals surface area (Å²) in [5.74, 6) is 6.75. The summed E-state index contributed by atoms with van der Waals surface area (Å²) < 4.78 is 5.26. The van der Waals surface area contributed by atoms with Gasteiger partial charge >= 0.3 is 0 Å². The molecule has 2 aromatic rings. The van der Waals surface area contributed by atoms with Crippen LogP contribution in [0.3, 0.4) is 0 Å². The summed E-state index contributed by atoms with van der Waals surface area (Å²) in [6.07, 6.45) is 0.322. The van der Waals surface area contributed by atoms with Crippen molar-refractivity contribution >= 4 is 17.2 Å². The van der Waals surface area contributed by atoms with Crippen molar-refractivity contribution in [3.8, 4) is 17.6 Å². The first-order valence-electron chi connectivity index (χ1n) is 8.82. The number of amides is 1. The summed E-state index contributed by atoms with van der Waals surface area (Å²) in [5.41, 5.74) is 8.62. The number of piperidine rings is 1. The number of ether oxygens (including phenoxy) is 1. The first kappa shape index (κ1) is 18.0. The fourth-order valence-corrected chi connectivity index (χ4v) is 4.89. The highest BCUT2D eigenvalue weighted by Gasteiger charge is 2.47. The van der Waals surface area contributed by atoms with E-state index in [1.165, 1.54) is 0 Å². The number of thiophene rings is 1. The number of aliphatic hydroxyl groups is 1. The third-order valence-electron chi connectivity index (χ3n) is 5.12. The van der Waals surface area contributed by atoms with Crippen molar-refractivity contribution in [1.82, 2.24) is 16.2 Å². The van der Waals surface area contributed by atoms with Crippen LogP contribution in [0.25, 0.3) is 0 Å². The maximum Gasteiger partial charge on any atom is 0.221 e. The Kier molecular flexibility index (Phi) is 5.14. The number of hydrogen-bond donors (Lipinski definition) is 4. The number of carbonyl (C=O) groups is 1. The highest BCUT2D eigenvalue weighted by molar-refractivity contribution is 7.10. The van der Waals surface area contributed by atoms with Crippen LogP contribution in [-0.2, 0) is 4.79 Å². The van der Waals surface area contributed by atoms with Crippen LogP contribution in [0.4, 0.5) is 0 Å². The molecule has 7 heteroatoms. The predicted octanol–water partition coefficient (Wildman–Crippen LogP) is 1.50. The van der Waals surface area contributed by atoms with Crippen LogP contribution in [0.5, 0.6) is 5.75 Å². The lowest BCUT2D eigenvalue weighted by Crippen LogP contribution is -2.52. The van der Waals surface area contributed by atoms with Crippen molar-refractivity contribution in [3.05, 3.63) is 51.7 Å². The van der Waals surface area contributed by atoms with Crippen LogP contribution in [0.15, 0.2) is 35.7 Å². The number of aliphatic hydroxyl groups excluding tert-OH is 1. The smallest absolute Gasteiger partial charge is 0.221 e. The molecule has 2 saturated heterocycles. The Morgan fingerprint density at radius 1 is 1.30 bits per heavy atom. The molecule has 140 valence electrons. The molecule has 0 radical (unpaired) electrons. The molecule has 3 heterocycles. The van der Waals surface area contributed by atoms with E-state index in [0.29, 0.717) is 6.42 Å². The number of benzene rings is 1. The summed E-state index contributed by atoms with van der Waals surface area (Å²) in [4.78, 5) is 13.4. The highest BCUT2D eigenvalue weighted by Crippen LogP contribution is 2.44. The molecule has 27 heavy (non-hydrogen) atoms. The van der Waals surface area contributed by atoms with Crippen molar-refractivity contribution in [2.45, 2.75) is 24.5 Å². The van der Waals surface area contributed by atoms with E-state index in [1.807, 2.05) is 23.6 Å². The molecular formula is C20H21N3O3S. The molecule has 4 N–H and O–H groups in total. The van der Waals surface area contributed by atoms with Gasteiger partial charge in [-0.2, -0.15) is 0 Å². The molecule has 4 atom stereocenters. The van der Waals surface area contributed by atoms with Gasteiger partial charge in [0.15, 0.2) is 0 Å². The zero-order chi connectivity index (χ0) is 18.8. The molecule has 0 spiro atoms. The summed E-state index contributed by atoms with van der Waals surface area (Å²) in [7, 11) is 1.65. The molecule has 1 aromatic carbocycles. The van der Waals surface area contributed by atoms with Crippen molar-refractivity contribution in [2.75, 3.05) is 13.7 Å². The van der Waals surface area contributed by atoms with Gasteiger partial charge in [0.2, 0.25) is 5.91 Å². The lowest BCUT2D eigenvalue weighted by atomic mass is 9.77. The van der Waals surface area contributed by atoms with Gasteiger partial charge in [-0.25, -0.2) is 10.9 Å². The largest absolute Gasteiger partial charge is 0.497 e. The van der Waals surface area contributed by atoms with E-state index >= 15 is 0 Å². The Labute approximate surface area is 161 Å². The number of carbonyl (C=O) groups excluding carboxylic acids is 1. The van der Waals surface area contributed by atoms with Crippen molar-refractivity contribution in [3.63, 3.8) is 0 Å². The van der Waals surface area contributed by atoms with Gasteiger partial charge in [-0.1, -0.05) is 24.0 Å². The van der Waals surface area contributed by atoms with Gasteiger partial charge in [-0.05, 0) is 23.8 Å². The first-order chi connectivity index (χ1) is 13.2. The Hall–Kier alpha value is -2.37. The van der Waals surface area contributed by atoms with Crippen LogP contribution in [0.1, 0.15) is 34.4 Å². The number of rotatable bonds is 3. The minimum Gasteiger partial charge on any atom is -0.497 e. The zero-order valence-corrected chi connectivity index (χ0v) is 15.7. The maximum absolute atomic E-state index is 12.2. The predicted molar refractivity (Wildman–Crippen MR) is 103 cm³/mol. The Morgan fingerprint density at radius 2 is 2.11 bits per heavy atom. The molecule has 4 unspecified atom stereocenters. The molecule has 4 rings (SSSR count). The van der Waals surface area contributed by atoms with E-state index in [9.17, 15) is 4.79 Å². The van der Waals surface area contributed by atoms with E-state index < -0.39 is 0 Å².